The van der Waals surface area contributed by atoms with E-state index in [1.54, 1.807) is 36.4 Å². The summed E-state index contributed by atoms with van der Waals surface area (Å²) in [5, 5.41) is 3.10. The molecular formula is C25H18F4N2O3S. The van der Waals surface area contributed by atoms with E-state index in [1.807, 2.05) is 19.1 Å². The van der Waals surface area contributed by atoms with Gasteiger partial charge in [0.15, 0.2) is 22.5 Å². The zero-order valence-corrected chi connectivity index (χ0v) is 19.3. The molecule has 0 atom stereocenters. The number of thiocarbonyl (C=S) groups is 1. The van der Waals surface area contributed by atoms with Crippen molar-refractivity contribution >= 4 is 35.0 Å². The van der Waals surface area contributed by atoms with Crippen molar-refractivity contribution in [3.8, 4) is 11.5 Å². The lowest BCUT2D eigenvalue weighted by molar-refractivity contribution is -0.113. The molecular weight excluding hydrogens is 484 g/mol. The fourth-order valence-corrected chi connectivity index (χ4v) is 3.86. The maximum Gasteiger partial charge on any atom is 0.281 e. The third-order valence-corrected chi connectivity index (χ3v) is 5.58. The quantitative estimate of drug-likeness (QED) is 0.212. The van der Waals surface area contributed by atoms with E-state index < -0.39 is 35.6 Å². The molecule has 5 nitrogen and oxygen atoms in total. The molecule has 10 heteroatoms. The average Bonchev–Trinajstić information content (AvgIpc) is 3.10. The Morgan fingerprint density at radius 3 is 2.37 bits per heavy atom. The molecule has 0 unspecified atom stereocenters. The Bertz CT molecular complexity index is 1350. The molecule has 0 aliphatic carbocycles. The minimum absolute atomic E-state index is 0.0984. The largest absolute Gasteiger partial charge is 0.496 e. The van der Waals surface area contributed by atoms with Crippen LogP contribution in [0.2, 0.25) is 0 Å². The zero-order chi connectivity index (χ0) is 25.3. The van der Waals surface area contributed by atoms with Crippen molar-refractivity contribution in [1.82, 2.24) is 5.32 Å². The van der Waals surface area contributed by atoms with Gasteiger partial charge in [0.05, 0.1) is 12.8 Å². The summed E-state index contributed by atoms with van der Waals surface area (Å²) in [5.74, 6) is -7.70. The number of nitrogens with zero attached hydrogens (tertiary/aromatic N) is 1. The first-order chi connectivity index (χ1) is 16.7. The third kappa shape index (κ3) is 4.69. The number of hydrogen-bond acceptors (Lipinski definition) is 4. The van der Waals surface area contributed by atoms with Gasteiger partial charge in [-0.25, -0.2) is 8.78 Å². The van der Waals surface area contributed by atoms with Gasteiger partial charge in [-0.3, -0.25) is 9.69 Å². The van der Waals surface area contributed by atoms with Gasteiger partial charge in [-0.05, 0) is 54.5 Å². The molecule has 0 spiro atoms. The molecule has 1 fully saturated rings. The predicted octanol–water partition coefficient (Wildman–Crippen LogP) is 5.40. The average molecular weight is 502 g/mol. The second-order valence-corrected chi connectivity index (χ2v) is 7.96. The second kappa shape index (κ2) is 9.75. The number of para-hydroxylation sites is 1. The predicted molar refractivity (Wildman–Crippen MR) is 126 cm³/mol. The number of nitrogens with one attached hydrogen (secondary N) is 1. The zero-order valence-electron chi connectivity index (χ0n) is 18.5. The molecule has 1 N–H and O–H groups in total. The minimum Gasteiger partial charge on any atom is -0.496 e. The van der Waals surface area contributed by atoms with Gasteiger partial charge in [-0.15, -0.1) is 0 Å². The van der Waals surface area contributed by atoms with Crippen LogP contribution in [-0.4, -0.2) is 18.1 Å². The minimum atomic E-state index is -1.65. The van der Waals surface area contributed by atoms with Crippen molar-refractivity contribution in [2.45, 2.75) is 13.5 Å². The number of anilines is 1. The summed E-state index contributed by atoms with van der Waals surface area (Å²) in [6, 6.07) is 12.1. The second-order valence-electron chi connectivity index (χ2n) is 7.57. The molecule has 0 aromatic heterocycles. The van der Waals surface area contributed by atoms with Gasteiger partial charge in [0, 0.05) is 11.6 Å². The Morgan fingerprint density at radius 1 is 1.03 bits per heavy atom. The number of ether oxygens (including phenoxy) is 2. The molecule has 1 amide bonds. The summed E-state index contributed by atoms with van der Waals surface area (Å²) in [6.45, 7) is 1.39. The number of benzene rings is 3. The van der Waals surface area contributed by atoms with Crippen molar-refractivity contribution in [2.75, 3.05) is 12.0 Å². The Labute approximate surface area is 203 Å². The van der Waals surface area contributed by atoms with Crippen molar-refractivity contribution in [3.05, 3.63) is 94.2 Å². The summed E-state index contributed by atoms with van der Waals surface area (Å²) >= 11 is 5.34. The maximum atomic E-state index is 14.0. The van der Waals surface area contributed by atoms with Gasteiger partial charge in [-0.1, -0.05) is 24.3 Å². The molecule has 0 saturated carbocycles. The number of aryl methyl sites for hydroxylation is 1. The van der Waals surface area contributed by atoms with Gasteiger partial charge in [-0.2, -0.15) is 8.78 Å². The van der Waals surface area contributed by atoms with Crippen LogP contribution in [0.25, 0.3) is 6.08 Å². The fraction of sp³-hybridized carbons (Fsp3) is 0.120. The van der Waals surface area contributed by atoms with Crippen LogP contribution in [0, 0.1) is 30.2 Å². The van der Waals surface area contributed by atoms with Crippen LogP contribution in [-0.2, 0) is 11.4 Å². The van der Waals surface area contributed by atoms with Gasteiger partial charge >= 0.3 is 0 Å². The molecule has 35 heavy (non-hydrogen) atoms. The summed E-state index contributed by atoms with van der Waals surface area (Å²) < 4.78 is 65.2. The highest BCUT2D eigenvalue weighted by Crippen LogP contribution is 2.30. The standard InChI is InChI=1S/C25H18F4N2O3S/c1-13-5-3-4-6-19(13)31-24(32)18(30-25(31)35)10-14-7-8-20(33-2)15(9-14)12-34-23-21(28)16(26)11-17(27)22(23)29/h3-11H,12H2,1-2H3,(H,30,35)/b18-10+. The first kappa shape index (κ1) is 24.2. The molecule has 1 aliphatic heterocycles. The van der Waals surface area contributed by atoms with Crippen LogP contribution in [0.15, 0.2) is 54.2 Å². The van der Waals surface area contributed by atoms with Crippen molar-refractivity contribution in [2.24, 2.45) is 0 Å². The summed E-state index contributed by atoms with van der Waals surface area (Å²) in [4.78, 5) is 14.4. The van der Waals surface area contributed by atoms with Gasteiger partial charge in [0.2, 0.25) is 11.6 Å². The van der Waals surface area contributed by atoms with Gasteiger partial charge < -0.3 is 14.8 Å². The number of carbonyl (C=O) groups excluding carboxylic acids is 1. The van der Waals surface area contributed by atoms with E-state index in [9.17, 15) is 22.4 Å². The molecule has 1 heterocycles. The highest BCUT2D eigenvalue weighted by atomic mass is 32.1. The van der Waals surface area contributed by atoms with Crippen LogP contribution in [0.1, 0.15) is 16.7 Å². The number of methoxy groups -OCH3 is 1. The molecule has 1 aliphatic rings. The first-order valence-electron chi connectivity index (χ1n) is 10.3. The van der Waals surface area contributed by atoms with E-state index in [2.05, 4.69) is 5.32 Å². The van der Waals surface area contributed by atoms with E-state index >= 15 is 0 Å². The van der Waals surface area contributed by atoms with Gasteiger partial charge in [0.25, 0.3) is 5.91 Å². The Morgan fingerprint density at radius 2 is 1.71 bits per heavy atom. The molecule has 4 rings (SSSR count). The number of rotatable bonds is 6. The number of carbonyl (C=O) groups is 1. The van der Waals surface area contributed by atoms with Crippen molar-refractivity contribution < 1.29 is 31.8 Å². The lowest BCUT2D eigenvalue weighted by Crippen LogP contribution is -2.30. The highest BCUT2D eigenvalue weighted by Gasteiger charge is 2.32. The van der Waals surface area contributed by atoms with Crippen LogP contribution < -0.4 is 19.7 Å². The molecule has 0 radical (unpaired) electrons. The summed E-state index contributed by atoms with van der Waals surface area (Å²) in [5.41, 5.74) is 2.55. The van der Waals surface area contributed by atoms with E-state index in [0.717, 1.165) is 5.56 Å². The molecule has 3 aromatic carbocycles. The summed E-state index contributed by atoms with van der Waals surface area (Å²) in [7, 11) is 1.38. The summed E-state index contributed by atoms with van der Waals surface area (Å²) in [6.07, 6.45) is 1.54. The maximum absolute atomic E-state index is 14.0. The van der Waals surface area contributed by atoms with E-state index in [0.29, 0.717) is 22.6 Å². The topological polar surface area (TPSA) is 50.8 Å². The van der Waals surface area contributed by atoms with Crippen molar-refractivity contribution in [3.63, 3.8) is 0 Å². The Hall–Kier alpha value is -3.92. The lowest BCUT2D eigenvalue weighted by Gasteiger charge is -2.16. The molecule has 180 valence electrons. The van der Waals surface area contributed by atoms with Crippen LogP contribution in [0.4, 0.5) is 23.2 Å². The lowest BCUT2D eigenvalue weighted by atomic mass is 10.1. The number of amides is 1. The highest BCUT2D eigenvalue weighted by molar-refractivity contribution is 7.80. The van der Waals surface area contributed by atoms with Gasteiger partial charge in [0.1, 0.15) is 18.1 Å². The number of halogens is 4. The molecule has 0 bridgehead atoms. The Balaban J connectivity index is 1.62. The normalized spacial score (nSPS) is 14.5. The molecule has 1 saturated heterocycles. The number of hydrogen-bond donors (Lipinski definition) is 1. The van der Waals surface area contributed by atoms with Crippen molar-refractivity contribution in [1.29, 1.82) is 0 Å². The Kier molecular flexibility index (Phi) is 6.74. The smallest absolute Gasteiger partial charge is 0.281 e. The first-order valence-corrected chi connectivity index (χ1v) is 10.7. The van der Waals surface area contributed by atoms with E-state index in [1.165, 1.54) is 12.0 Å². The van der Waals surface area contributed by atoms with E-state index in [-0.39, 0.29) is 22.8 Å². The molecule has 3 aromatic rings. The monoisotopic (exact) mass is 502 g/mol. The van der Waals surface area contributed by atoms with Crippen LogP contribution in [0.3, 0.4) is 0 Å². The SMILES string of the molecule is COc1ccc(/C=C2/NC(=S)N(c3ccccc3C)C2=O)cc1COc1c(F)c(F)cc(F)c1F. The van der Waals surface area contributed by atoms with E-state index in [4.69, 9.17) is 21.7 Å². The van der Waals surface area contributed by atoms with Crippen LogP contribution in [0.5, 0.6) is 11.5 Å². The fourth-order valence-electron chi connectivity index (χ4n) is 3.56. The third-order valence-electron chi connectivity index (χ3n) is 5.29. The van der Waals surface area contributed by atoms with Crippen LogP contribution >= 0.6 is 12.2 Å².